The van der Waals surface area contributed by atoms with Gasteiger partial charge in [-0.1, -0.05) is 50.2 Å². The number of carbonyl (C=O) groups excluding carboxylic acids is 2. The smallest absolute Gasteiger partial charge is 0.276 e. The summed E-state index contributed by atoms with van der Waals surface area (Å²) in [5.74, 6) is 0.610. The van der Waals surface area contributed by atoms with E-state index in [1.165, 1.54) is 31.9 Å². The summed E-state index contributed by atoms with van der Waals surface area (Å²) in [6, 6.07) is 18.3. The molecule has 8 heteroatoms. The summed E-state index contributed by atoms with van der Waals surface area (Å²) < 4.78 is 16.1. The fourth-order valence-electron chi connectivity index (χ4n) is 4.05. The molecule has 1 aliphatic rings. The second kappa shape index (κ2) is 9.97. The summed E-state index contributed by atoms with van der Waals surface area (Å²) in [6.45, 7) is 4.25. The third-order valence-electron chi connectivity index (χ3n) is 5.99. The molecule has 182 valence electrons. The van der Waals surface area contributed by atoms with Crippen molar-refractivity contribution in [2.75, 3.05) is 26.6 Å². The Morgan fingerprint density at radius 3 is 2.14 bits per heavy atom. The Labute approximate surface area is 204 Å². The molecule has 0 aliphatic carbocycles. The highest BCUT2D eigenvalue weighted by molar-refractivity contribution is 6.04. The van der Waals surface area contributed by atoms with Crippen molar-refractivity contribution in [2.24, 2.45) is 0 Å². The van der Waals surface area contributed by atoms with Crippen molar-refractivity contribution in [1.29, 1.82) is 0 Å². The number of carbonyl (C=O) groups is 2. The van der Waals surface area contributed by atoms with Crippen molar-refractivity contribution < 1.29 is 23.8 Å². The number of ether oxygens (including phenoxy) is 3. The minimum atomic E-state index is -0.607. The maximum absolute atomic E-state index is 13.5. The molecule has 3 aromatic rings. The summed E-state index contributed by atoms with van der Waals surface area (Å²) in [5.41, 5.74) is 6.22. The van der Waals surface area contributed by atoms with Crippen LogP contribution in [0.1, 0.15) is 57.8 Å². The van der Waals surface area contributed by atoms with Gasteiger partial charge >= 0.3 is 0 Å². The molecule has 0 aromatic heterocycles. The Hall–Kier alpha value is -4.20. The Morgan fingerprint density at radius 1 is 0.943 bits per heavy atom. The number of anilines is 1. The lowest BCUT2D eigenvalue weighted by molar-refractivity contribution is 0.0490. The van der Waals surface area contributed by atoms with Crippen molar-refractivity contribution >= 4 is 17.5 Å². The van der Waals surface area contributed by atoms with E-state index in [2.05, 4.69) is 24.6 Å². The molecule has 0 bridgehead atoms. The molecule has 0 saturated heterocycles. The second-order valence-electron chi connectivity index (χ2n) is 8.44. The van der Waals surface area contributed by atoms with Gasteiger partial charge < -0.3 is 19.5 Å². The summed E-state index contributed by atoms with van der Waals surface area (Å²) in [4.78, 5) is 26.8. The summed E-state index contributed by atoms with van der Waals surface area (Å²) in [7, 11) is 4.44. The zero-order valence-corrected chi connectivity index (χ0v) is 20.4. The first kappa shape index (κ1) is 23.9. The van der Waals surface area contributed by atoms with Crippen molar-refractivity contribution in [1.82, 2.24) is 10.4 Å². The van der Waals surface area contributed by atoms with Gasteiger partial charge in [-0.2, -0.15) is 0 Å². The SMILES string of the molecule is COc1cc(C(=O)NN2C(=O)c3ccccc3NC2c2ccc(C(C)C)cc2)cc(OC)c1OC. The van der Waals surface area contributed by atoms with Crippen molar-refractivity contribution in [3.05, 3.63) is 82.9 Å². The average Bonchev–Trinajstić information content (AvgIpc) is 2.89. The number of nitrogens with one attached hydrogen (secondary N) is 2. The first-order valence-electron chi connectivity index (χ1n) is 11.3. The van der Waals surface area contributed by atoms with Gasteiger partial charge in [0, 0.05) is 11.3 Å². The monoisotopic (exact) mass is 475 g/mol. The fourth-order valence-corrected chi connectivity index (χ4v) is 4.05. The van der Waals surface area contributed by atoms with E-state index in [4.69, 9.17) is 14.2 Å². The highest BCUT2D eigenvalue weighted by Crippen LogP contribution is 2.38. The van der Waals surface area contributed by atoms with Crippen LogP contribution < -0.4 is 25.0 Å². The third-order valence-corrected chi connectivity index (χ3v) is 5.99. The molecule has 1 atom stereocenters. The molecule has 0 fully saturated rings. The molecule has 3 aromatic carbocycles. The van der Waals surface area contributed by atoms with Crippen LogP contribution in [0.5, 0.6) is 17.2 Å². The van der Waals surface area contributed by atoms with Gasteiger partial charge in [0.1, 0.15) is 6.17 Å². The van der Waals surface area contributed by atoms with E-state index in [0.717, 1.165) is 5.56 Å². The Morgan fingerprint density at radius 2 is 1.57 bits per heavy atom. The van der Waals surface area contributed by atoms with Gasteiger partial charge in [0.05, 0.1) is 26.9 Å². The van der Waals surface area contributed by atoms with Gasteiger partial charge in [0.2, 0.25) is 5.75 Å². The van der Waals surface area contributed by atoms with Crippen LogP contribution in [0.3, 0.4) is 0 Å². The van der Waals surface area contributed by atoms with Gasteiger partial charge in [0.25, 0.3) is 11.8 Å². The van der Waals surface area contributed by atoms with E-state index in [1.807, 2.05) is 36.4 Å². The van der Waals surface area contributed by atoms with Crippen molar-refractivity contribution in [3.8, 4) is 17.2 Å². The van der Waals surface area contributed by atoms with E-state index in [-0.39, 0.29) is 11.5 Å². The molecule has 35 heavy (non-hydrogen) atoms. The summed E-state index contributed by atoms with van der Waals surface area (Å²) >= 11 is 0. The number of hydrogen-bond acceptors (Lipinski definition) is 6. The van der Waals surface area contributed by atoms with E-state index in [9.17, 15) is 9.59 Å². The number of para-hydroxylation sites is 1. The number of benzene rings is 3. The maximum Gasteiger partial charge on any atom is 0.276 e. The number of amides is 2. The number of fused-ring (bicyclic) bond motifs is 1. The van der Waals surface area contributed by atoms with Crippen LogP contribution in [-0.4, -0.2) is 38.2 Å². The normalized spacial score (nSPS) is 14.7. The molecule has 1 aliphatic heterocycles. The van der Waals surface area contributed by atoms with E-state index < -0.39 is 12.1 Å². The number of methoxy groups -OCH3 is 3. The average molecular weight is 476 g/mol. The van der Waals surface area contributed by atoms with Gasteiger partial charge in [-0.05, 0) is 41.3 Å². The zero-order valence-electron chi connectivity index (χ0n) is 20.4. The third kappa shape index (κ3) is 4.59. The Balaban J connectivity index is 1.71. The van der Waals surface area contributed by atoms with Crippen LogP contribution in [0.25, 0.3) is 0 Å². The topological polar surface area (TPSA) is 89.1 Å². The van der Waals surface area contributed by atoms with Gasteiger partial charge in [-0.25, -0.2) is 5.01 Å². The molecule has 2 N–H and O–H groups in total. The molecule has 1 heterocycles. The van der Waals surface area contributed by atoms with Crippen LogP contribution >= 0.6 is 0 Å². The summed E-state index contributed by atoms with van der Waals surface area (Å²) in [6.07, 6.45) is -0.607. The zero-order chi connectivity index (χ0) is 25.1. The van der Waals surface area contributed by atoms with Crippen LogP contribution in [0.2, 0.25) is 0 Å². The summed E-state index contributed by atoms with van der Waals surface area (Å²) in [5, 5.41) is 4.70. The number of rotatable bonds is 7. The molecule has 2 amide bonds. The molecule has 0 radical (unpaired) electrons. The number of nitrogens with zero attached hydrogens (tertiary/aromatic N) is 1. The largest absolute Gasteiger partial charge is 0.493 e. The van der Waals surface area contributed by atoms with Crippen LogP contribution in [0.4, 0.5) is 5.69 Å². The molecular formula is C27H29N3O5. The van der Waals surface area contributed by atoms with Gasteiger partial charge in [-0.3, -0.25) is 15.0 Å². The predicted molar refractivity (Wildman–Crippen MR) is 133 cm³/mol. The number of hydrazine groups is 1. The van der Waals surface area contributed by atoms with Crippen molar-refractivity contribution in [2.45, 2.75) is 25.9 Å². The number of hydrogen-bond donors (Lipinski definition) is 2. The van der Waals surface area contributed by atoms with Crippen LogP contribution in [0.15, 0.2) is 60.7 Å². The lowest BCUT2D eigenvalue weighted by Crippen LogP contribution is -2.52. The van der Waals surface area contributed by atoms with Gasteiger partial charge in [-0.15, -0.1) is 0 Å². The first-order valence-corrected chi connectivity index (χ1v) is 11.3. The predicted octanol–water partition coefficient (Wildman–Crippen LogP) is 4.75. The molecule has 0 saturated carbocycles. The molecule has 8 nitrogen and oxygen atoms in total. The maximum atomic E-state index is 13.5. The van der Waals surface area contributed by atoms with E-state index >= 15 is 0 Å². The Bertz CT molecular complexity index is 1210. The highest BCUT2D eigenvalue weighted by atomic mass is 16.5. The van der Waals surface area contributed by atoms with E-state index in [0.29, 0.717) is 34.4 Å². The fraction of sp³-hybridized carbons (Fsp3) is 0.259. The lowest BCUT2D eigenvalue weighted by atomic mass is 9.99. The standard InChI is InChI=1S/C27H29N3O5/c1-16(2)17-10-12-18(13-11-17)25-28-21-9-7-6-8-20(21)27(32)30(25)29-26(31)19-14-22(33-3)24(35-5)23(15-19)34-4/h6-16,25,28H,1-5H3,(H,29,31). The van der Waals surface area contributed by atoms with Crippen LogP contribution in [0, 0.1) is 0 Å². The van der Waals surface area contributed by atoms with E-state index in [1.54, 1.807) is 24.3 Å². The lowest BCUT2D eigenvalue weighted by Gasteiger charge is -2.37. The minimum Gasteiger partial charge on any atom is -0.493 e. The van der Waals surface area contributed by atoms with Crippen LogP contribution in [-0.2, 0) is 0 Å². The molecule has 0 spiro atoms. The highest BCUT2D eigenvalue weighted by Gasteiger charge is 2.34. The Kier molecular flexibility index (Phi) is 6.82. The molecular weight excluding hydrogens is 446 g/mol. The second-order valence-corrected chi connectivity index (χ2v) is 8.44. The minimum absolute atomic E-state index is 0.250. The first-order chi connectivity index (χ1) is 16.9. The molecule has 1 unspecified atom stereocenters. The molecule has 4 rings (SSSR count). The quantitative estimate of drug-likeness (QED) is 0.513. The van der Waals surface area contributed by atoms with Crippen molar-refractivity contribution in [3.63, 3.8) is 0 Å². The van der Waals surface area contributed by atoms with Gasteiger partial charge in [0.15, 0.2) is 11.5 Å².